The van der Waals surface area contributed by atoms with Crippen LogP contribution in [0, 0.1) is 0 Å². The Morgan fingerprint density at radius 1 is 1.11 bits per heavy atom. The van der Waals surface area contributed by atoms with Crippen LogP contribution >= 0.6 is 0 Å². The molecule has 1 aliphatic heterocycles. The molecular weight excluding hydrogens is 222 g/mol. The topological polar surface area (TPSA) is 35.2 Å². The van der Waals surface area contributed by atoms with Gasteiger partial charge in [0.25, 0.3) is 0 Å². The average Bonchev–Trinajstić information content (AvgIpc) is 2.93. The Hall–Kier alpha value is -0.860. The van der Waals surface area contributed by atoms with E-state index in [4.69, 9.17) is 10.5 Å². The molecule has 1 aromatic carbocycles. The van der Waals surface area contributed by atoms with Crippen molar-refractivity contribution in [1.82, 2.24) is 0 Å². The van der Waals surface area contributed by atoms with Crippen LogP contribution in [0.1, 0.15) is 55.6 Å². The van der Waals surface area contributed by atoms with Gasteiger partial charge in [0.2, 0.25) is 0 Å². The molecule has 1 unspecified atom stereocenters. The lowest BCUT2D eigenvalue weighted by molar-refractivity contribution is 0.193. The largest absolute Gasteiger partial charge is 0.381 e. The molecule has 2 N–H and O–H groups in total. The summed E-state index contributed by atoms with van der Waals surface area (Å²) in [5.74, 6) is 0.559. The van der Waals surface area contributed by atoms with E-state index in [0.717, 1.165) is 32.5 Å². The van der Waals surface area contributed by atoms with Gasteiger partial charge in [0, 0.05) is 18.1 Å². The number of ether oxygens (including phenoxy) is 1. The molecule has 1 saturated heterocycles. The highest BCUT2D eigenvalue weighted by atomic mass is 16.5. The van der Waals surface area contributed by atoms with E-state index >= 15 is 0 Å². The lowest BCUT2D eigenvalue weighted by atomic mass is 9.74. The first-order valence-corrected chi connectivity index (χ1v) is 7.26. The maximum absolute atomic E-state index is 6.71. The van der Waals surface area contributed by atoms with E-state index in [2.05, 4.69) is 24.3 Å². The van der Waals surface area contributed by atoms with Crippen molar-refractivity contribution < 1.29 is 4.74 Å². The minimum absolute atomic E-state index is 0.0859. The SMILES string of the molecule is NC1(c2ccccc2C2CCOC2)CCCCC1. The van der Waals surface area contributed by atoms with Crippen LogP contribution in [-0.4, -0.2) is 13.2 Å². The van der Waals surface area contributed by atoms with Gasteiger partial charge in [0.15, 0.2) is 0 Å². The molecule has 0 aromatic heterocycles. The smallest absolute Gasteiger partial charge is 0.0535 e. The molecule has 1 heterocycles. The third-order valence-electron chi connectivity index (χ3n) is 4.61. The number of rotatable bonds is 2. The number of hydrogen-bond donors (Lipinski definition) is 1. The average molecular weight is 245 g/mol. The third-order valence-corrected chi connectivity index (χ3v) is 4.61. The zero-order valence-corrected chi connectivity index (χ0v) is 11.0. The third kappa shape index (κ3) is 2.19. The normalized spacial score (nSPS) is 27.3. The zero-order valence-electron chi connectivity index (χ0n) is 11.0. The Kier molecular flexibility index (Phi) is 3.40. The second kappa shape index (κ2) is 5.02. The van der Waals surface area contributed by atoms with Gasteiger partial charge in [-0.05, 0) is 30.4 Å². The van der Waals surface area contributed by atoms with Crippen LogP contribution < -0.4 is 5.73 Å². The van der Waals surface area contributed by atoms with Crippen LogP contribution in [0.4, 0.5) is 0 Å². The van der Waals surface area contributed by atoms with Gasteiger partial charge in [-0.2, -0.15) is 0 Å². The van der Waals surface area contributed by atoms with E-state index in [1.54, 1.807) is 0 Å². The summed E-state index contributed by atoms with van der Waals surface area (Å²) >= 11 is 0. The van der Waals surface area contributed by atoms with Crippen molar-refractivity contribution in [2.24, 2.45) is 5.73 Å². The molecule has 1 atom stereocenters. The van der Waals surface area contributed by atoms with Crippen LogP contribution in [0.2, 0.25) is 0 Å². The highest BCUT2D eigenvalue weighted by Crippen LogP contribution is 2.39. The lowest BCUT2D eigenvalue weighted by Crippen LogP contribution is -2.39. The molecular formula is C16H23NO. The van der Waals surface area contributed by atoms with Gasteiger partial charge in [0.1, 0.15) is 0 Å². The second-order valence-corrected chi connectivity index (χ2v) is 5.86. The minimum Gasteiger partial charge on any atom is -0.381 e. The summed E-state index contributed by atoms with van der Waals surface area (Å²) in [7, 11) is 0. The lowest BCUT2D eigenvalue weighted by Gasteiger charge is -2.36. The number of hydrogen-bond acceptors (Lipinski definition) is 2. The van der Waals surface area contributed by atoms with Crippen LogP contribution in [0.15, 0.2) is 24.3 Å². The molecule has 1 aliphatic carbocycles. The van der Waals surface area contributed by atoms with Crippen LogP contribution in [0.5, 0.6) is 0 Å². The van der Waals surface area contributed by atoms with Crippen molar-refractivity contribution in [2.75, 3.05) is 13.2 Å². The zero-order chi connectivity index (χ0) is 12.4. The fourth-order valence-corrected chi connectivity index (χ4v) is 3.54. The van der Waals surface area contributed by atoms with Crippen molar-refractivity contribution in [1.29, 1.82) is 0 Å². The van der Waals surface area contributed by atoms with Crippen molar-refractivity contribution in [3.63, 3.8) is 0 Å². The van der Waals surface area contributed by atoms with Crippen molar-refractivity contribution >= 4 is 0 Å². The van der Waals surface area contributed by atoms with Crippen LogP contribution in [0.3, 0.4) is 0 Å². The fourth-order valence-electron chi connectivity index (χ4n) is 3.54. The van der Waals surface area contributed by atoms with Gasteiger partial charge in [-0.15, -0.1) is 0 Å². The molecule has 0 amide bonds. The van der Waals surface area contributed by atoms with Gasteiger partial charge < -0.3 is 10.5 Å². The summed E-state index contributed by atoms with van der Waals surface area (Å²) in [6.07, 6.45) is 7.30. The number of benzene rings is 1. The van der Waals surface area contributed by atoms with E-state index in [1.807, 2.05) is 0 Å². The molecule has 2 nitrogen and oxygen atoms in total. The van der Waals surface area contributed by atoms with Gasteiger partial charge in [0.05, 0.1) is 6.61 Å². The minimum atomic E-state index is -0.0859. The van der Waals surface area contributed by atoms with E-state index in [9.17, 15) is 0 Å². The summed E-state index contributed by atoms with van der Waals surface area (Å²) in [6.45, 7) is 1.77. The van der Waals surface area contributed by atoms with E-state index in [1.165, 1.54) is 30.4 Å². The molecule has 3 rings (SSSR count). The summed E-state index contributed by atoms with van der Waals surface area (Å²) in [4.78, 5) is 0. The summed E-state index contributed by atoms with van der Waals surface area (Å²) in [6, 6.07) is 8.79. The van der Waals surface area contributed by atoms with Gasteiger partial charge in [-0.3, -0.25) is 0 Å². The standard InChI is InChI=1S/C16H23NO/c17-16(9-4-1-5-10-16)15-7-3-2-6-14(15)13-8-11-18-12-13/h2-3,6-7,13H,1,4-5,8-12,17H2. The van der Waals surface area contributed by atoms with Crippen LogP contribution in [-0.2, 0) is 10.3 Å². The molecule has 0 radical (unpaired) electrons. The Morgan fingerprint density at radius 2 is 1.89 bits per heavy atom. The second-order valence-electron chi connectivity index (χ2n) is 5.86. The molecule has 1 saturated carbocycles. The van der Waals surface area contributed by atoms with Gasteiger partial charge >= 0.3 is 0 Å². The van der Waals surface area contributed by atoms with Crippen LogP contribution in [0.25, 0.3) is 0 Å². The quantitative estimate of drug-likeness (QED) is 0.867. The molecule has 18 heavy (non-hydrogen) atoms. The first-order valence-electron chi connectivity index (χ1n) is 7.26. The van der Waals surface area contributed by atoms with E-state index in [0.29, 0.717) is 5.92 Å². The Balaban J connectivity index is 1.95. The highest BCUT2D eigenvalue weighted by molar-refractivity contribution is 5.37. The van der Waals surface area contributed by atoms with Crippen molar-refractivity contribution in [3.8, 4) is 0 Å². The van der Waals surface area contributed by atoms with E-state index in [-0.39, 0.29) is 5.54 Å². The maximum Gasteiger partial charge on any atom is 0.0535 e. The Bertz CT molecular complexity index is 403. The molecule has 2 heteroatoms. The van der Waals surface area contributed by atoms with E-state index < -0.39 is 0 Å². The molecule has 0 bridgehead atoms. The molecule has 1 aromatic rings. The van der Waals surface area contributed by atoms with Crippen molar-refractivity contribution in [3.05, 3.63) is 35.4 Å². The first-order chi connectivity index (χ1) is 8.80. The van der Waals surface area contributed by atoms with Crippen molar-refractivity contribution in [2.45, 2.75) is 50.0 Å². The summed E-state index contributed by atoms with van der Waals surface area (Å²) in [5, 5.41) is 0. The number of nitrogens with two attached hydrogens (primary N) is 1. The predicted molar refractivity (Wildman–Crippen MR) is 73.6 cm³/mol. The molecule has 2 aliphatic rings. The van der Waals surface area contributed by atoms with Gasteiger partial charge in [-0.25, -0.2) is 0 Å². The maximum atomic E-state index is 6.71. The molecule has 98 valence electrons. The first kappa shape index (κ1) is 12.2. The summed E-state index contributed by atoms with van der Waals surface area (Å²) < 4.78 is 5.55. The predicted octanol–water partition coefficient (Wildman–Crippen LogP) is 3.31. The summed E-state index contributed by atoms with van der Waals surface area (Å²) in [5.41, 5.74) is 9.46. The fraction of sp³-hybridized carbons (Fsp3) is 0.625. The molecule has 0 spiro atoms. The monoisotopic (exact) mass is 245 g/mol. The van der Waals surface area contributed by atoms with Gasteiger partial charge in [-0.1, -0.05) is 43.5 Å². The Labute approximate surface area is 110 Å². The molecule has 2 fully saturated rings. The Morgan fingerprint density at radius 3 is 2.61 bits per heavy atom. The highest BCUT2D eigenvalue weighted by Gasteiger charge is 2.33.